The molecule has 0 spiro atoms. The van der Waals surface area contributed by atoms with Crippen LogP contribution in [0.1, 0.15) is 5.56 Å². The van der Waals surface area contributed by atoms with Gasteiger partial charge in [0.15, 0.2) is 5.03 Å². The minimum Gasteiger partial charge on any atom is -0.396 e. The van der Waals surface area contributed by atoms with Gasteiger partial charge in [0.1, 0.15) is 0 Å². The normalized spacial score (nSPS) is 11.4. The van der Waals surface area contributed by atoms with Crippen LogP contribution in [0.25, 0.3) is 0 Å². The zero-order valence-corrected chi connectivity index (χ0v) is 10.9. The molecule has 2 N–H and O–H groups in total. The van der Waals surface area contributed by atoms with Crippen molar-refractivity contribution in [3.63, 3.8) is 0 Å². The summed E-state index contributed by atoms with van der Waals surface area (Å²) in [4.78, 5) is 3.82. The number of rotatable bonds is 3. The fraction of sp³-hybridized carbons (Fsp3) is 0.0833. The van der Waals surface area contributed by atoms with Crippen LogP contribution >= 0.6 is 11.6 Å². The van der Waals surface area contributed by atoms with Crippen LogP contribution in [-0.4, -0.2) is 13.4 Å². The van der Waals surface area contributed by atoms with Gasteiger partial charge in [-0.2, -0.15) is 0 Å². The molecule has 2 rings (SSSR count). The molecule has 0 aliphatic carbocycles. The topological polar surface area (TPSA) is 73.0 Å². The highest BCUT2D eigenvalue weighted by atomic mass is 35.5. The Morgan fingerprint density at radius 2 is 1.83 bits per heavy atom. The average molecular weight is 283 g/mol. The van der Waals surface area contributed by atoms with Crippen molar-refractivity contribution in [1.82, 2.24) is 4.98 Å². The number of hydrogen-bond acceptors (Lipinski definition) is 4. The third-order valence-corrected chi connectivity index (χ3v) is 4.26. The molecule has 4 nitrogen and oxygen atoms in total. The summed E-state index contributed by atoms with van der Waals surface area (Å²) in [6.45, 7) is 0. The largest absolute Gasteiger partial charge is 0.396 e. The van der Waals surface area contributed by atoms with E-state index in [2.05, 4.69) is 4.98 Å². The van der Waals surface area contributed by atoms with Gasteiger partial charge in [-0.05, 0) is 29.8 Å². The van der Waals surface area contributed by atoms with Crippen molar-refractivity contribution in [3.05, 3.63) is 53.2 Å². The summed E-state index contributed by atoms with van der Waals surface area (Å²) < 4.78 is 24.3. The van der Waals surface area contributed by atoms with E-state index in [0.29, 0.717) is 10.6 Å². The number of nitrogens with zero attached hydrogens (tertiary/aromatic N) is 1. The van der Waals surface area contributed by atoms with E-state index in [-0.39, 0.29) is 16.5 Å². The number of benzene rings is 1. The Labute approximate surface area is 110 Å². The van der Waals surface area contributed by atoms with E-state index in [1.54, 1.807) is 30.3 Å². The van der Waals surface area contributed by atoms with Gasteiger partial charge in [0.05, 0.1) is 11.4 Å². The average Bonchev–Trinajstić information content (AvgIpc) is 2.32. The Morgan fingerprint density at radius 3 is 2.44 bits per heavy atom. The summed E-state index contributed by atoms with van der Waals surface area (Å²) in [5.41, 5.74) is 6.42. The number of halogens is 1. The molecule has 0 amide bonds. The van der Waals surface area contributed by atoms with Gasteiger partial charge >= 0.3 is 0 Å². The molecule has 2 aromatic rings. The van der Waals surface area contributed by atoms with Crippen LogP contribution in [0.3, 0.4) is 0 Å². The Bertz CT molecular complexity index is 654. The van der Waals surface area contributed by atoms with E-state index in [1.165, 1.54) is 12.3 Å². The number of pyridine rings is 1. The molecule has 0 fully saturated rings. The molecule has 1 aromatic heterocycles. The molecule has 0 atom stereocenters. The van der Waals surface area contributed by atoms with Crippen molar-refractivity contribution >= 4 is 27.1 Å². The quantitative estimate of drug-likeness (QED) is 0.937. The Balaban J connectivity index is 2.33. The van der Waals surface area contributed by atoms with Gasteiger partial charge in [-0.25, -0.2) is 13.4 Å². The van der Waals surface area contributed by atoms with E-state index in [9.17, 15) is 8.42 Å². The molecule has 1 aromatic carbocycles. The Kier molecular flexibility index (Phi) is 3.54. The van der Waals surface area contributed by atoms with Crippen LogP contribution in [0.15, 0.2) is 47.6 Å². The zero-order valence-electron chi connectivity index (χ0n) is 9.38. The second kappa shape index (κ2) is 4.96. The first kappa shape index (κ1) is 12.9. The monoisotopic (exact) mass is 282 g/mol. The summed E-state index contributed by atoms with van der Waals surface area (Å²) >= 11 is 5.74. The van der Waals surface area contributed by atoms with Crippen molar-refractivity contribution in [2.75, 3.05) is 5.73 Å². The molecule has 0 bridgehead atoms. The van der Waals surface area contributed by atoms with Gasteiger partial charge in [0, 0.05) is 11.2 Å². The van der Waals surface area contributed by atoms with Crippen molar-refractivity contribution in [1.29, 1.82) is 0 Å². The minimum atomic E-state index is -3.54. The fourth-order valence-electron chi connectivity index (χ4n) is 1.53. The SMILES string of the molecule is Nc1cccnc1S(=O)(=O)Cc1ccc(Cl)cc1. The van der Waals surface area contributed by atoms with Gasteiger partial charge in [-0.1, -0.05) is 23.7 Å². The van der Waals surface area contributed by atoms with Crippen molar-refractivity contribution in [3.8, 4) is 0 Å². The molecular weight excluding hydrogens is 272 g/mol. The first-order chi connectivity index (χ1) is 8.49. The molecule has 6 heteroatoms. The minimum absolute atomic E-state index is 0.0834. The number of sulfone groups is 1. The van der Waals surface area contributed by atoms with Gasteiger partial charge < -0.3 is 5.73 Å². The number of anilines is 1. The second-order valence-corrected chi connectivity index (χ2v) is 6.12. The van der Waals surface area contributed by atoms with Gasteiger partial charge in [-0.3, -0.25) is 0 Å². The van der Waals surface area contributed by atoms with E-state index >= 15 is 0 Å². The molecule has 0 saturated heterocycles. The predicted molar refractivity (Wildman–Crippen MR) is 71.0 cm³/mol. The number of hydrogen-bond donors (Lipinski definition) is 1. The molecular formula is C12H11ClN2O2S. The highest BCUT2D eigenvalue weighted by molar-refractivity contribution is 7.90. The highest BCUT2D eigenvalue weighted by Gasteiger charge is 2.19. The third-order valence-electron chi connectivity index (χ3n) is 2.37. The summed E-state index contributed by atoms with van der Waals surface area (Å²) in [5, 5.41) is 0.480. The fourth-order valence-corrected chi connectivity index (χ4v) is 3.07. The summed E-state index contributed by atoms with van der Waals surface area (Å²) in [5.74, 6) is -0.147. The summed E-state index contributed by atoms with van der Waals surface area (Å²) in [6.07, 6.45) is 1.41. The molecule has 0 radical (unpaired) electrons. The molecule has 18 heavy (non-hydrogen) atoms. The molecule has 0 unspecified atom stereocenters. The van der Waals surface area contributed by atoms with E-state index in [1.807, 2.05) is 0 Å². The van der Waals surface area contributed by atoms with E-state index in [4.69, 9.17) is 17.3 Å². The highest BCUT2D eigenvalue weighted by Crippen LogP contribution is 2.20. The van der Waals surface area contributed by atoms with E-state index < -0.39 is 9.84 Å². The lowest BCUT2D eigenvalue weighted by molar-refractivity contribution is 0.592. The van der Waals surface area contributed by atoms with Crippen molar-refractivity contribution in [2.45, 2.75) is 10.8 Å². The van der Waals surface area contributed by atoms with Crippen LogP contribution in [0.4, 0.5) is 5.69 Å². The maximum absolute atomic E-state index is 12.1. The Hall–Kier alpha value is -1.59. The van der Waals surface area contributed by atoms with E-state index in [0.717, 1.165) is 0 Å². The van der Waals surface area contributed by atoms with Gasteiger partial charge in [0.2, 0.25) is 9.84 Å². The van der Waals surface area contributed by atoms with Crippen molar-refractivity contribution in [2.24, 2.45) is 0 Å². The molecule has 0 saturated carbocycles. The van der Waals surface area contributed by atoms with Crippen LogP contribution in [0.2, 0.25) is 5.02 Å². The maximum Gasteiger partial charge on any atom is 0.201 e. The second-order valence-electron chi connectivity index (χ2n) is 3.78. The first-order valence-corrected chi connectivity index (χ1v) is 7.20. The van der Waals surface area contributed by atoms with Gasteiger partial charge in [-0.15, -0.1) is 0 Å². The van der Waals surface area contributed by atoms with Crippen LogP contribution < -0.4 is 5.73 Å². The summed E-state index contributed by atoms with van der Waals surface area (Å²) in [6, 6.07) is 9.73. The molecule has 0 aliphatic heterocycles. The lowest BCUT2D eigenvalue weighted by Crippen LogP contribution is -2.09. The van der Waals surface area contributed by atoms with Crippen LogP contribution in [0, 0.1) is 0 Å². The smallest absolute Gasteiger partial charge is 0.201 e. The first-order valence-electron chi connectivity index (χ1n) is 5.17. The van der Waals surface area contributed by atoms with Crippen LogP contribution in [0.5, 0.6) is 0 Å². The van der Waals surface area contributed by atoms with Crippen molar-refractivity contribution < 1.29 is 8.42 Å². The Morgan fingerprint density at radius 1 is 1.17 bits per heavy atom. The third kappa shape index (κ3) is 2.80. The standard InChI is InChI=1S/C12H11ClN2O2S/c13-10-5-3-9(4-6-10)8-18(16,17)12-11(14)2-1-7-15-12/h1-7H,8,14H2. The lowest BCUT2D eigenvalue weighted by Gasteiger charge is -2.06. The van der Waals surface area contributed by atoms with Gasteiger partial charge in [0.25, 0.3) is 0 Å². The zero-order chi connectivity index (χ0) is 13.2. The summed E-state index contributed by atoms with van der Waals surface area (Å²) in [7, 11) is -3.54. The van der Waals surface area contributed by atoms with Crippen LogP contribution in [-0.2, 0) is 15.6 Å². The predicted octanol–water partition coefficient (Wildman–Crippen LogP) is 2.29. The lowest BCUT2D eigenvalue weighted by atomic mass is 10.2. The molecule has 94 valence electrons. The maximum atomic E-state index is 12.1. The number of nitrogen functional groups attached to an aromatic ring is 1. The molecule has 1 heterocycles. The number of aromatic nitrogens is 1. The molecule has 0 aliphatic rings. The number of nitrogens with two attached hydrogens (primary N) is 1.